The SMILES string of the molecule is CC(=O)Nc1ccc(NC(=O)[C@@H](C)Nc2ccc(NC(C)=O)cc2)cc1. The third-order valence-electron chi connectivity index (χ3n) is 3.45. The topological polar surface area (TPSA) is 99.3 Å². The highest BCUT2D eigenvalue weighted by molar-refractivity contribution is 5.97. The van der Waals surface area contributed by atoms with Gasteiger partial charge in [0, 0.05) is 36.6 Å². The number of nitrogens with one attached hydrogen (secondary N) is 4. The van der Waals surface area contributed by atoms with Crippen molar-refractivity contribution in [2.24, 2.45) is 0 Å². The Kier molecular flexibility index (Phi) is 6.32. The van der Waals surface area contributed by atoms with E-state index in [2.05, 4.69) is 21.3 Å². The lowest BCUT2D eigenvalue weighted by Gasteiger charge is -2.16. The molecule has 0 saturated carbocycles. The molecule has 0 saturated heterocycles. The molecule has 0 spiro atoms. The van der Waals surface area contributed by atoms with Gasteiger partial charge in [-0.3, -0.25) is 14.4 Å². The number of carbonyl (C=O) groups is 3. The Morgan fingerprint density at radius 1 is 0.654 bits per heavy atom. The van der Waals surface area contributed by atoms with E-state index in [0.717, 1.165) is 5.69 Å². The summed E-state index contributed by atoms with van der Waals surface area (Å²) >= 11 is 0. The maximum absolute atomic E-state index is 12.3. The van der Waals surface area contributed by atoms with E-state index in [1.165, 1.54) is 13.8 Å². The molecule has 2 aromatic carbocycles. The van der Waals surface area contributed by atoms with Crippen molar-refractivity contribution >= 4 is 40.5 Å². The average molecular weight is 354 g/mol. The van der Waals surface area contributed by atoms with Crippen molar-refractivity contribution in [3.63, 3.8) is 0 Å². The van der Waals surface area contributed by atoms with Crippen LogP contribution in [0.4, 0.5) is 22.7 Å². The highest BCUT2D eigenvalue weighted by Gasteiger charge is 2.13. The Morgan fingerprint density at radius 3 is 1.38 bits per heavy atom. The van der Waals surface area contributed by atoms with Gasteiger partial charge in [-0.2, -0.15) is 0 Å². The zero-order chi connectivity index (χ0) is 19.1. The second kappa shape index (κ2) is 8.66. The second-order valence-corrected chi connectivity index (χ2v) is 5.87. The first kappa shape index (κ1) is 19.0. The van der Waals surface area contributed by atoms with Gasteiger partial charge in [0.1, 0.15) is 6.04 Å². The van der Waals surface area contributed by atoms with Crippen LogP contribution in [0.5, 0.6) is 0 Å². The number of rotatable bonds is 6. The molecule has 3 amide bonds. The van der Waals surface area contributed by atoms with Crippen LogP contribution in [-0.2, 0) is 14.4 Å². The first-order valence-corrected chi connectivity index (χ1v) is 8.16. The lowest BCUT2D eigenvalue weighted by Crippen LogP contribution is -2.31. The largest absolute Gasteiger partial charge is 0.374 e. The third-order valence-corrected chi connectivity index (χ3v) is 3.45. The lowest BCUT2D eigenvalue weighted by atomic mass is 10.2. The Balaban J connectivity index is 1.90. The van der Waals surface area contributed by atoms with Crippen molar-refractivity contribution in [1.29, 1.82) is 0 Å². The number of benzene rings is 2. The number of amides is 3. The summed E-state index contributed by atoms with van der Waals surface area (Å²) < 4.78 is 0. The Hall–Kier alpha value is -3.35. The fraction of sp³-hybridized carbons (Fsp3) is 0.211. The third kappa shape index (κ3) is 5.94. The summed E-state index contributed by atoms with van der Waals surface area (Å²) in [6, 6.07) is 13.5. The summed E-state index contributed by atoms with van der Waals surface area (Å²) in [5.74, 6) is -0.477. The number of anilines is 4. The van der Waals surface area contributed by atoms with E-state index in [9.17, 15) is 14.4 Å². The van der Waals surface area contributed by atoms with Crippen LogP contribution in [0.1, 0.15) is 20.8 Å². The van der Waals surface area contributed by atoms with E-state index >= 15 is 0 Å². The summed E-state index contributed by atoms with van der Waals surface area (Å²) in [5, 5.41) is 11.3. The molecule has 0 bridgehead atoms. The van der Waals surface area contributed by atoms with Gasteiger partial charge in [0.2, 0.25) is 17.7 Å². The van der Waals surface area contributed by atoms with E-state index in [1.54, 1.807) is 55.5 Å². The Labute approximate surface area is 152 Å². The van der Waals surface area contributed by atoms with Crippen molar-refractivity contribution in [2.45, 2.75) is 26.8 Å². The summed E-state index contributed by atoms with van der Waals surface area (Å²) in [6.45, 7) is 4.63. The maximum Gasteiger partial charge on any atom is 0.246 e. The zero-order valence-electron chi connectivity index (χ0n) is 14.9. The van der Waals surface area contributed by atoms with Crippen LogP contribution in [-0.4, -0.2) is 23.8 Å². The molecule has 0 aliphatic carbocycles. The fourth-order valence-corrected chi connectivity index (χ4v) is 2.26. The summed E-state index contributed by atoms with van der Waals surface area (Å²) in [7, 11) is 0. The molecule has 2 aromatic rings. The first-order valence-electron chi connectivity index (χ1n) is 8.16. The highest BCUT2D eigenvalue weighted by Crippen LogP contribution is 2.16. The molecule has 0 aliphatic rings. The van der Waals surface area contributed by atoms with Gasteiger partial charge in [-0.05, 0) is 55.5 Å². The van der Waals surface area contributed by atoms with Crippen molar-refractivity contribution in [1.82, 2.24) is 0 Å². The van der Waals surface area contributed by atoms with E-state index < -0.39 is 6.04 Å². The smallest absolute Gasteiger partial charge is 0.246 e. The lowest BCUT2D eigenvalue weighted by molar-refractivity contribution is -0.117. The van der Waals surface area contributed by atoms with Gasteiger partial charge in [-0.25, -0.2) is 0 Å². The first-order chi connectivity index (χ1) is 12.3. The van der Waals surface area contributed by atoms with Crippen molar-refractivity contribution in [3.8, 4) is 0 Å². The zero-order valence-corrected chi connectivity index (χ0v) is 14.9. The van der Waals surface area contributed by atoms with Crippen LogP contribution < -0.4 is 21.3 Å². The van der Waals surface area contributed by atoms with Crippen LogP contribution in [0.2, 0.25) is 0 Å². The minimum atomic E-state index is -0.461. The highest BCUT2D eigenvalue weighted by atomic mass is 16.2. The molecule has 0 aromatic heterocycles. The molecule has 26 heavy (non-hydrogen) atoms. The number of carbonyl (C=O) groups excluding carboxylic acids is 3. The van der Waals surface area contributed by atoms with Crippen LogP contribution >= 0.6 is 0 Å². The Morgan fingerprint density at radius 2 is 1.00 bits per heavy atom. The summed E-state index contributed by atoms with van der Waals surface area (Å²) in [6.07, 6.45) is 0. The van der Waals surface area contributed by atoms with Gasteiger partial charge >= 0.3 is 0 Å². The standard InChI is InChI=1S/C19H22N4O3/c1-12(20-15-4-6-16(7-5-15)21-13(2)24)19(26)23-18-10-8-17(9-11-18)22-14(3)25/h4-12,20H,1-3H3,(H,21,24)(H,22,25)(H,23,26)/t12-/m1/s1. The molecule has 136 valence electrons. The van der Waals surface area contributed by atoms with E-state index in [4.69, 9.17) is 0 Å². The normalized spacial score (nSPS) is 11.2. The number of hydrogen-bond donors (Lipinski definition) is 4. The average Bonchev–Trinajstić information content (AvgIpc) is 2.57. The molecule has 0 heterocycles. The molecule has 0 unspecified atom stereocenters. The van der Waals surface area contributed by atoms with E-state index in [-0.39, 0.29) is 17.7 Å². The molecule has 0 aliphatic heterocycles. The molecular formula is C19H22N4O3. The fourth-order valence-electron chi connectivity index (χ4n) is 2.26. The summed E-state index contributed by atoms with van der Waals surface area (Å²) in [5.41, 5.74) is 2.77. The van der Waals surface area contributed by atoms with Gasteiger partial charge in [0.15, 0.2) is 0 Å². The molecular weight excluding hydrogens is 332 g/mol. The van der Waals surface area contributed by atoms with Gasteiger partial charge in [0.05, 0.1) is 0 Å². The molecule has 4 N–H and O–H groups in total. The quantitative estimate of drug-likeness (QED) is 0.641. The molecule has 7 nitrogen and oxygen atoms in total. The second-order valence-electron chi connectivity index (χ2n) is 5.87. The van der Waals surface area contributed by atoms with Crippen LogP contribution in [0.15, 0.2) is 48.5 Å². The van der Waals surface area contributed by atoms with Crippen LogP contribution in [0.3, 0.4) is 0 Å². The molecule has 0 radical (unpaired) electrons. The minimum Gasteiger partial charge on any atom is -0.374 e. The van der Waals surface area contributed by atoms with Crippen molar-refractivity contribution in [2.75, 3.05) is 21.3 Å². The molecule has 2 rings (SSSR count). The molecule has 7 heteroatoms. The van der Waals surface area contributed by atoms with Crippen LogP contribution in [0, 0.1) is 0 Å². The van der Waals surface area contributed by atoms with Gasteiger partial charge < -0.3 is 21.3 Å². The van der Waals surface area contributed by atoms with Crippen molar-refractivity contribution < 1.29 is 14.4 Å². The monoisotopic (exact) mass is 354 g/mol. The maximum atomic E-state index is 12.3. The van der Waals surface area contributed by atoms with Gasteiger partial charge in [-0.1, -0.05) is 0 Å². The summed E-state index contributed by atoms with van der Waals surface area (Å²) in [4.78, 5) is 34.3. The molecule has 0 fully saturated rings. The predicted octanol–water partition coefficient (Wildman–Crippen LogP) is 3.04. The predicted molar refractivity (Wildman–Crippen MR) is 103 cm³/mol. The Bertz CT molecular complexity index is 785. The van der Waals surface area contributed by atoms with Crippen LogP contribution in [0.25, 0.3) is 0 Å². The van der Waals surface area contributed by atoms with E-state index in [0.29, 0.717) is 17.1 Å². The van der Waals surface area contributed by atoms with Gasteiger partial charge in [-0.15, -0.1) is 0 Å². The molecule has 1 atom stereocenters. The minimum absolute atomic E-state index is 0.136. The van der Waals surface area contributed by atoms with Crippen molar-refractivity contribution in [3.05, 3.63) is 48.5 Å². The van der Waals surface area contributed by atoms with E-state index in [1.807, 2.05) is 0 Å². The van der Waals surface area contributed by atoms with Gasteiger partial charge in [0.25, 0.3) is 0 Å². The number of hydrogen-bond acceptors (Lipinski definition) is 4.